The second kappa shape index (κ2) is 6.78. The fraction of sp³-hybridized carbons (Fsp3) is 0.600. The molecule has 2 atom stereocenters. The van der Waals surface area contributed by atoms with Crippen LogP contribution in [-0.2, 0) is 4.74 Å². The van der Waals surface area contributed by atoms with Crippen LogP contribution in [0.1, 0.15) is 19.8 Å². The third kappa shape index (κ3) is 4.11. The predicted molar refractivity (Wildman–Crippen MR) is 77.4 cm³/mol. The van der Waals surface area contributed by atoms with E-state index in [0.717, 1.165) is 44.0 Å². The number of anilines is 1. The second-order valence-electron chi connectivity index (χ2n) is 5.19. The Morgan fingerprint density at radius 3 is 3.00 bits per heavy atom. The van der Waals surface area contributed by atoms with Gasteiger partial charge in [-0.1, -0.05) is 6.07 Å². The van der Waals surface area contributed by atoms with E-state index < -0.39 is 0 Å². The largest absolute Gasteiger partial charge is 0.493 e. The van der Waals surface area contributed by atoms with Crippen LogP contribution in [0.25, 0.3) is 0 Å². The second-order valence-corrected chi connectivity index (χ2v) is 5.19. The molecule has 0 bridgehead atoms. The minimum atomic E-state index is 0.347. The fourth-order valence-electron chi connectivity index (χ4n) is 2.57. The standard InChI is InChI=1S/C15H24N2O2/c1-12-15(7-10-18-12)17(2)8-4-9-19-14-6-3-5-13(16)11-14/h3,5-6,11-12,15H,4,7-10,16H2,1-2H3. The highest BCUT2D eigenvalue weighted by Gasteiger charge is 2.27. The zero-order valence-electron chi connectivity index (χ0n) is 11.8. The monoisotopic (exact) mass is 264 g/mol. The van der Waals surface area contributed by atoms with Gasteiger partial charge >= 0.3 is 0 Å². The average Bonchev–Trinajstić information content (AvgIpc) is 2.81. The summed E-state index contributed by atoms with van der Waals surface area (Å²) in [6.07, 6.45) is 2.49. The molecule has 2 N–H and O–H groups in total. The molecular weight excluding hydrogens is 240 g/mol. The SMILES string of the molecule is CC1OCCC1N(C)CCCOc1cccc(N)c1. The number of ether oxygens (including phenoxy) is 2. The van der Waals surface area contributed by atoms with E-state index in [1.165, 1.54) is 0 Å². The van der Waals surface area contributed by atoms with Crippen LogP contribution in [0.3, 0.4) is 0 Å². The third-order valence-corrected chi connectivity index (χ3v) is 3.68. The van der Waals surface area contributed by atoms with Crippen LogP contribution in [0.4, 0.5) is 5.69 Å². The van der Waals surface area contributed by atoms with Crippen molar-refractivity contribution in [1.82, 2.24) is 4.90 Å². The molecule has 2 rings (SSSR count). The number of nitrogen functional groups attached to an aromatic ring is 1. The summed E-state index contributed by atoms with van der Waals surface area (Å²) in [6.45, 7) is 4.78. The fourth-order valence-corrected chi connectivity index (χ4v) is 2.57. The van der Waals surface area contributed by atoms with Crippen LogP contribution >= 0.6 is 0 Å². The number of nitrogens with zero attached hydrogens (tertiary/aromatic N) is 1. The minimum Gasteiger partial charge on any atom is -0.493 e. The molecule has 0 spiro atoms. The van der Waals surface area contributed by atoms with Gasteiger partial charge in [0, 0.05) is 30.9 Å². The van der Waals surface area contributed by atoms with Gasteiger partial charge in [0.2, 0.25) is 0 Å². The molecule has 1 aliphatic heterocycles. The Balaban J connectivity index is 1.66. The predicted octanol–water partition coefficient (Wildman–Crippen LogP) is 2.15. The van der Waals surface area contributed by atoms with Crippen molar-refractivity contribution >= 4 is 5.69 Å². The topological polar surface area (TPSA) is 47.7 Å². The van der Waals surface area contributed by atoms with Crippen molar-refractivity contribution in [2.24, 2.45) is 0 Å². The van der Waals surface area contributed by atoms with E-state index in [1.807, 2.05) is 24.3 Å². The Kier molecular flexibility index (Phi) is 5.05. The molecule has 2 unspecified atom stereocenters. The van der Waals surface area contributed by atoms with Crippen molar-refractivity contribution in [3.05, 3.63) is 24.3 Å². The first-order valence-electron chi connectivity index (χ1n) is 6.97. The van der Waals surface area contributed by atoms with Gasteiger partial charge in [0.1, 0.15) is 5.75 Å². The molecule has 0 radical (unpaired) electrons. The number of benzene rings is 1. The molecule has 1 heterocycles. The summed E-state index contributed by atoms with van der Waals surface area (Å²) in [5, 5.41) is 0. The van der Waals surface area contributed by atoms with Gasteiger partial charge in [-0.3, -0.25) is 0 Å². The summed E-state index contributed by atoms with van der Waals surface area (Å²) >= 11 is 0. The summed E-state index contributed by atoms with van der Waals surface area (Å²) < 4.78 is 11.3. The van der Waals surface area contributed by atoms with E-state index in [0.29, 0.717) is 12.1 Å². The summed E-state index contributed by atoms with van der Waals surface area (Å²) in [6, 6.07) is 8.12. The van der Waals surface area contributed by atoms with E-state index in [1.54, 1.807) is 0 Å². The van der Waals surface area contributed by atoms with Gasteiger partial charge in [0.05, 0.1) is 12.7 Å². The van der Waals surface area contributed by atoms with Gasteiger partial charge in [0.25, 0.3) is 0 Å². The van der Waals surface area contributed by atoms with Gasteiger partial charge in [-0.2, -0.15) is 0 Å². The van der Waals surface area contributed by atoms with E-state index in [9.17, 15) is 0 Å². The van der Waals surface area contributed by atoms with E-state index in [2.05, 4.69) is 18.9 Å². The number of nitrogens with two attached hydrogens (primary N) is 1. The van der Waals surface area contributed by atoms with E-state index in [4.69, 9.17) is 15.2 Å². The normalized spacial score (nSPS) is 22.9. The lowest BCUT2D eigenvalue weighted by atomic mass is 10.1. The molecule has 0 amide bonds. The molecule has 106 valence electrons. The van der Waals surface area contributed by atoms with Gasteiger partial charge in [-0.15, -0.1) is 0 Å². The summed E-state index contributed by atoms with van der Waals surface area (Å²) in [4.78, 5) is 2.38. The molecule has 4 heteroatoms. The van der Waals surface area contributed by atoms with E-state index >= 15 is 0 Å². The molecule has 0 aliphatic carbocycles. The first-order valence-corrected chi connectivity index (χ1v) is 6.97. The number of hydrogen-bond donors (Lipinski definition) is 1. The Hall–Kier alpha value is -1.26. The highest BCUT2D eigenvalue weighted by molar-refractivity contribution is 5.43. The highest BCUT2D eigenvalue weighted by Crippen LogP contribution is 2.18. The molecule has 1 fully saturated rings. The maximum atomic E-state index is 5.71. The highest BCUT2D eigenvalue weighted by atomic mass is 16.5. The maximum Gasteiger partial charge on any atom is 0.121 e. The lowest BCUT2D eigenvalue weighted by Gasteiger charge is -2.26. The minimum absolute atomic E-state index is 0.347. The first kappa shape index (κ1) is 14.2. The van der Waals surface area contributed by atoms with Crippen molar-refractivity contribution in [2.75, 3.05) is 32.5 Å². The quantitative estimate of drug-likeness (QED) is 0.632. The smallest absolute Gasteiger partial charge is 0.121 e. The van der Waals surface area contributed by atoms with Gasteiger partial charge in [-0.05, 0) is 38.9 Å². The summed E-state index contributed by atoms with van der Waals surface area (Å²) in [7, 11) is 2.16. The zero-order valence-corrected chi connectivity index (χ0v) is 11.8. The summed E-state index contributed by atoms with van der Waals surface area (Å²) in [5.74, 6) is 0.847. The van der Waals surface area contributed by atoms with Crippen molar-refractivity contribution in [1.29, 1.82) is 0 Å². The average molecular weight is 264 g/mol. The maximum absolute atomic E-state index is 5.71. The third-order valence-electron chi connectivity index (χ3n) is 3.68. The summed E-state index contributed by atoms with van der Waals surface area (Å²) in [5.41, 5.74) is 6.45. The molecule has 1 aliphatic rings. The Morgan fingerprint density at radius 1 is 1.47 bits per heavy atom. The zero-order chi connectivity index (χ0) is 13.7. The molecule has 1 aromatic carbocycles. The molecule has 1 aromatic rings. The number of hydrogen-bond acceptors (Lipinski definition) is 4. The van der Waals surface area contributed by atoms with E-state index in [-0.39, 0.29) is 0 Å². The Bertz CT molecular complexity index is 397. The van der Waals surface area contributed by atoms with Crippen molar-refractivity contribution in [3.63, 3.8) is 0 Å². The van der Waals surface area contributed by atoms with Crippen LogP contribution in [0, 0.1) is 0 Å². The Labute approximate surface area is 115 Å². The van der Waals surface area contributed by atoms with Crippen LogP contribution in [0.2, 0.25) is 0 Å². The van der Waals surface area contributed by atoms with Crippen LogP contribution in [0.15, 0.2) is 24.3 Å². The van der Waals surface area contributed by atoms with Gasteiger partial charge in [-0.25, -0.2) is 0 Å². The van der Waals surface area contributed by atoms with Gasteiger partial charge < -0.3 is 20.1 Å². The number of likely N-dealkylation sites (N-methyl/N-ethyl adjacent to an activating group) is 1. The lowest BCUT2D eigenvalue weighted by molar-refractivity contribution is 0.0818. The molecule has 0 saturated carbocycles. The molecule has 19 heavy (non-hydrogen) atoms. The van der Waals surface area contributed by atoms with Crippen molar-refractivity contribution in [3.8, 4) is 5.75 Å². The number of rotatable bonds is 6. The molecule has 1 saturated heterocycles. The molecule has 4 nitrogen and oxygen atoms in total. The van der Waals surface area contributed by atoms with Crippen LogP contribution < -0.4 is 10.5 Å². The Morgan fingerprint density at radius 2 is 2.32 bits per heavy atom. The van der Waals surface area contributed by atoms with Crippen LogP contribution in [0.5, 0.6) is 5.75 Å². The lowest BCUT2D eigenvalue weighted by Crippen LogP contribution is -2.37. The first-order chi connectivity index (χ1) is 9.16. The van der Waals surface area contributed by atoms with Crippen molar-refractivity contribution < 1.29 is 9.47 Å². The van der Waals surface area contributed by atoms with Gasteiger partial charge in [0.15, 0.2) is 0 Å². The van der Waals surface area contributed by atoms with Crippen molar-refractivity contribution in [2.45, 2.75) is 31.9 Å². The molecular formula is C15H24N2O2. The van der Waals surface area contributed by atoms with Crippen LogP contribution in [-0.4, -0.2) is 43.9 Å². The molecule has 0 aromatic heterocycles.